The van der Waals surface area contributed by atoms with Crippen LogP contribution < -0.4 is 0 Å². The molecule has 4 rings (SSSR count). The number of aliphatic hydroxyl groups is 1. The molecule has 3 aromatic rings. The molecule has 1 aromatic heterocycles. The van der Waals surface area contributed by atoms with Gasteiger partial charge in [0.15, 0.2) is 6.29 Å². The van der Waals surface area contributed by atoms with E-state index in [4.69, 9.17) is 9.47 Å². The number of alkyl halides is 3. The number of benzene rings is 2. The summed E-state index contributed by atoms with van der Waals surface area (Å²) in [6.07, 6.45) is 2.89. The van der Waals surface area contributed by atoms with Crippen LogP contribution in [0.4, 0.5) is 22.0 Å². The summed E-state index contributed by atoms with van der Waals surface area (Å²) in [5.74, 6) is -1.61. The van der Waals surface area contributed by atoms with Crippen LogP contribution in [-0.4, -0.2) is 49.9 Å². The van der Waals surface area contributed by atoms with E-state index in [1.165, 1.54) is 47.3 Å². The Balaban J connectivity index is 1.36. The molecule has 1 N–H and O–H groups in total. The number of nitrogens with zero attached hydrogens (tertiary/aromatic N) is 3. The average molecular weight is 582 g/mol. The molecule has 0 bridgehead atoms. The van der Waals surface area contributed by atoms with Crippen LogP contribution in [-0.2, 0) is 27.8 Å². The summed E-state index contributed by atoms with van der Waals surface area (Å²) in [6.45, 7) is 4.03. The molecule has 1 fully saturated rings. The van der Waals surface area contributed by atoms with Crippen molar-refractivity contribution < 1.29 is 36.5 Å². The zero-order chi connectivity index (χ0) is 28.9. The van der Waals surface area contributed by atoms with Gasteiger partial charge in [-0.15, -0.1) is 11.8 Å². The first kappa shape index (κ1) is 29.9. The highest BCUT2D eigenvalue weighted by Gasteiger charge is 2.41. The molecule has 2 aromatic carbocycles. The van der Waals surface area contributed by atoms with Gasteiger partial charge in [-0.05, 0) is 36.8 Å². The number of ether oxygens (including phenoxy) is 2. The largest absolute Gasteiger partial charge is 0.416 e. The van der Waals surface area contributed by atoms with Crippen molar-refractivity contribution in [2.24, 2.45) is 0 Å². The number of halogens is 5. The van der Waals surface area contributed by atoms with Crippen molar-refractivity contribution in [1.29, 1.82) is 0 Å². The van der Waals surface area contributed by atoms with Crippen LogP contribution in [0.3, 0.4) is 0 Å². The van der Waals surface area contributed by atoms with Gasteiger partial charge >= 0.3 is 6.18 Å². The number of hydrogen-bond acceptors (Lipinski definition) is 6. The molecule has 0 spiro atoms. The SMILES string of the molecule is CC(/C=C/c1ccc(C(F)(F)F)cc1)=C\C1OCC(SC(C)C(O)(Cn2cncn2)c2ccc(F)cc2F)CO1. The summed E-state index contributed by atoms with van der Waals surface area (Å²) in [5.41, 5.74) is -1.10. The monoisotopic (exact) mass is 581 g/mol. The Morgan fingerprint density at radius 2 is 1.85 bits per heavy atom. The lowest BCUT2D eigenvalue weighted by Gasteiger charge is -2.37. The van der Waals surface area contributed by atoms with Gasteiger partial charge in [0.1, 0.15) is 29.9 Å². The molecule has 214 valence electrons. The topological polar surface area (TPSA) is 69.4 Å². The van der Waals surface area contributed by atoms with Crippen molar-refractivity contribution in [3.05, 3.63) is 101 Å². The second kappa shape index (κ2) is 12.6. The summed E-state index contributed by atoms with van der Waals surface area (Å²) >= 11 is 1.35. The number of aromatic nitrogens is 3. The zero-order valence-corrected chi connectivity index (χ0v) is 22.5. The van der Waals surface area contributed by atoms with Crippen LogP contribution in [0, 0.1) is 11.6 Å². The maximum absolute atomic E-state index is 14.8. The molecule has 0 aliphatic carbocycles. The van der Waals surface area contributed by atoms with Gasteiger partial charge in [-0.1, -0.05) is 42.8 Å². The van der Waals surface area contributed by atoms with Crippen LogP contribution >= 0.6 is 11.8 Å². The van der Waals surface area contributed by atoms with Crippen LogP contribution in [0.5, 0.6) is 0 Å². The summed E-state index contributed by atoms with van der Waals surface area (Å²) in [5, 5.41) is 14.9. The first-order chi connectivity index (χ1) is 18.9. The van der Waals surface area contributed by atoms with E-state index in [1.54, 1.807) is 25.2 Å². The van der Waals surface area contributed by atoms with E-state index in [9.17, 15) is 27.1 Å². The molecule has 2 atom stereocenters. The van der Waals surface area contributed by atoms with Gasteiger partial charge in [-0.25, -0.2) is 18.4 Å². The maximum atomic E-state index is 14.8. The van der Waals surface area contributed by atoms with Crippen molar-refractivity contribution >= 4 is 17.8 Å². The fourth-order valence-electron chi connectivity index (χ4n) is 4.19. The molecule has 12 heteroatoms. The minimum Gasteiger partial charge on any atom is -0.382 e. The maximum Gasteiger partial charge on any atom is 0.416 e. The van der Waals surface area contributed by atoms with Gasteiger partial charge in [0.25, 0.3) is 0 Å². The van der Waals surface area contributed by atoms with Gasteiger partial charge in [0, 0.05) is 16.9 Å². The van der Waals surface area contributed by atoms with Crippen molar-refractivity contribution in [2.45, 2.75) is 49.0 Å². The van der Waals surface area contributed by atoms with Crippen LogP contribution in [0.1, 0.15) is 30.5 Å². The predicted octanol–water partition coefficient (Wildman–Crippen LogP) is 5.99. The minimum atomic E-state index is -4.38. The van der Waals surface area contributed by atoms with E-state index >= 15 is 0 Å². The average Bonchev–Trinajstić information content (AvgIpc) is 3.41. The minimum absolute atomic E-state index is 0.0571. The van der Waals surface area contributed by atoms with Crippen molar-refractivity contribution in [1.82, 2.24) is 14.8 Å². The van der Waals surface area contributed by atoms with Crippen LogP contribution in [0.15, 0.2) is 72.8 Å². The molecule has 0 radical (unpaired) electrons. The molecular weight excluding hydrogens is 553 g/mol. The zero-order valence-electron chi connectivity index (χ0n) is 21.7. The standard InChI is InChI=1S/C28H28F5N3O3S/c1-18(3-4-20-5-7-21(8-6-20)28(31,32)33)11-26-38-13-23(14-39-26)40-19(2)27(37,15-36-17-34-16-35-36)24-10-9-22(29)12-25(24)30/h3-12,16-17,19,23,26,37H,13-15H2,1-2H3/b4-3+,18-11+. The Morgan fingerprint density at radius 1 is 1.15 bits per heavy atom. The highest BCUT2D eigenvalue weighted by Crippen LogP contribution is 2.38. The molecule has 6 nitrogen and oxygen atoms in total. The Hall–Kier alpha value is -3.06. The second-order valence-electron chi connectivity index (χ2n) is 9.44. The lowest BCUT2D eigenvalue weighted by atomic mass is 9.90. The Bertz CT molecular complexity index is 1320. The summed E-state index contributed by atoms with van der Waals surface area (Å²) in [6, 6.07) is 7.91. The summed E-state index contributed by atoms with van der Waals surface area (Å²) < 4.78 is 79.5. The van der Waals surface area contributed by atoms with Crippen molar-refractivity contribution in [2.75, 3.05) is 13.2 Å². The third-order valence-corrected chi connectivity index (χ3v) is 7.86. The van der Waals surface area contributed by atoms with E-state index in [0.29, 0.717) is 5.56 Å². The van der Waals surface area contributed by atoms with Gasteiger partial charge in [-0.3, -0.25) is 0 Å². The highest BCUT2D eigenvalue weighted by molar-refractivity contribution is 8.00. The molecule has 1 aliphatic rings. The molecule has 2 unspecified atom stereocenters. The fraction of sp³-hybridized carbons (Fsp3) is 0.357. The highest BCUT2D eigenvalue weighted by atomic mass is 32.2. The number of allylic oxidation sites excluding steroid dienone is 2. The molecule has 2 heterocycles. The fourth-order valence-corrected chi connectivity index (χ4v) is 5.51. The number of rotatable bonds is 9. The van der Waals surface area contributed by atoms with Gasteiger partial charge < -0.3 is 14.6 Å². The molecular formula is C28H28F5N3O3S. The summed E-state index contributed by atoms with van der Waals surface area (Å²) in [4.78, 5) is 3.87. The number of hydrogen-bond donors (Lipinski definition) is 1. The van der Waals surface area contributed by atoms with Gasteiger partial charge in [0.2, 0.25) is 0 Å². The van der Waals surface area contributed by atoms with E-state index < -0.39 is 40.5 Å². The Morgan fingerprint density at radius 3 is 2.45 bits per heavy atom. The first-order valence-electron chi connectivity index (χ1n) is 12.4. The smallest absolute Gasteiger partial charge is 0.382 e. The van der Waals surface area contributed by atoms with Gasteiger partial charge in [-0.2, -0.15) is 18.3 Å². The van der Waals surface area contributed by atoms with E-state index in [1.807, 2.05) is 6.92 Å². The molecule has 1 saturated heterocycles. The molecule has 0 amide bonds. The van der Waals surface area contributed by atoms with Crippen molar-refractivity contribution in [3.63, 3.8) is 0 Å². The van der Waals surface area contributed by atoms with Crippen LogP contribution in [0.25, 0.3) is 6.08 Å². The third kappa shape index (κ3) is 7.57. The lowest BCUT2D eigenvalue weighted by Crippen LogP contribution is -2.43. The Kier molecular flexibility index (Phi) is 9.44. The molecule has 0 saturated carbocycles. The lowest BCUT2D eigenvalue weighted by molar-refractivity contribution is -0.146. The van der Waals surface area contributed by atoms with E-state index in [-0.39, 0.29) is 30.6 Å². The second-order valence-corrected chi connectivity index (χ2v) is 11.1. The molecule has 40 heavy (non-hydrogen) atoms. The van der Waals surface area contributed by atoms with Gasteiger partial charge in [0.05, 0.1) is 30.6 Å². The quantitative estimate of drug-likeness (QED) is 0.248. The predicted molar refractivity (Wildman–Crippen MR) is 141 cm³/mol. The van der Waals surface area contributed by atoms with Crippen LogP contribution in [0.2, 0.25) is 0 Å². The first-order valence-corrected chi connectivity index (χ1v) is 13.3. The molecule has 1 aliphatic heterocycles. The van der Waals surface area contributed by atoms with E-state index in [0.717, 1.165) is 29.8 Å². The normalized spacial score (nSPS) is 20.9. The number of thioether (sulfide) groups is 1. The van der Waals surface area contributed by atoms with E-state index in [2.05, 4.69) is 10.1 Å². The summed E-state index contributed by atoms with van der Waals surface area (Å²) in [7, 11) is 0. The third-order valence-electron chi connectivity index (χ3n) is 6.40. The van der Waals surface area contributed by atoms with Crippen molar-refractivity contribution in [3.8, 4) is 0 Å². The Labute approximate surface area is 232 Å².